The summed E-state index contributed by atoms with van der Waals surface area (Å²) in [6, 6.07) is 19.1. The quantitative estimate of drug-likeness (QED) is 0.200. The molecule has 1 heterocycles. The van der Waals surface area contributed by atoms with Gasteiger partial charge < -0.3 is 9.47 Å². The topological polar surface area (TPSA) is 65.7 Å². The summed E-state index contributed by atoms with van der Waals surface area (Å²) >= 11 is 6.88. The number of hydrogen-bond donors (Lipinski definition) is 0. The molecule has 4 rings (SSSR count). The number of aromatic nitrogens is 2. The largest absolute Gasteiger partial charge is 0.490 e. The molecule has 4 aromatic rings. The van der Waals surface area contributed by atoms with Crippen molar-refractivity contribution in [3.05, 3.63) is 96.9 Å². The average molecular weight is 599 g/mol. The molecule has 0 fully saturated rings. The molecule has 3 aromatic carbocycles. The summed E-state index contributed by atoms with van der Waals surface area (Å²) in [5.74, 6) is 1.89. The zero-order chi connectivity index (χ0) is 24.8. The molecule has 8 heteroatoms. The molecular formula is C27H25Br2N3O3. The number of aryl methyl sites for hydroxylation is 1. The van der Waals surface area contributed by atoms with Gasteiger partial charge in [-0.25, -0.2) is 4.98 Å². The van der Waals surface area contributed by atoms with Crippen LogP contribution in [0.15, 0.2) is 79.5 Å². The second-order valence-corrected chi connectivity index (χ2v) is 9.69. The summed E-state index contributed by atoms with van der Waals surface area (Å²) in [7, 11) is 0. The fourth-order valence-electron chi connectivity index (χ4n) is 3.56. The Bertz CT molecular complexity index is 1420. The number of nitrogens with zero attached hydrogens (tertiary/aromatic N) is 3. The molecule has 0 atom stereocenters. The van der Waals surface area contributed by atoms with E-state index in [1.807, 2.05) is 68.4 Å². The van der Waals surface area contributed by atoms with Gasteiger partial charge in [-0.15, -0.1) is 0 Å². The van der Waals surface area contributed by atoms with E-state index in [0.29, 0.717) is 47.9 Å². The molecule has 0 amide bonds. The molecule has 0 bridgehead atoms. The SMILES string of the molecule is CCCc1nc2ccc(Br)cc2c(=O)n1N=Cc1ccc(OCc2ccc(Br)cc2)c(OCC)c1. The minimum Gasteiger partial charge on any atom is -0.490 e. The maximum absolute atomic E-state index is 13.2. The van der Waals surface area contributed by atoms with E-state index in [4.69, 9.17) is 9.47 Å². The molecule has 6 nitrogen and oxygen atoms in total. The van der Waals surface area contributed by atoms with Gasteiger partial charge in [0.15, 0.2) is 11.5 Å². The van der Waals surface area contributed by atoms with Gasteiger partial charge >= 0.3 is 0 Å². The number of rotatable bonds is 9. The van der Waals surface area contributed by atoms with Gasteiger partial charge in [-0.05, 0) is 73.0 Å². The van der Waals surface area contributed by atoms with E-state index >= 15 is 0 Å². The van der Waals surface area contributed by atoms with Crippen molar-refractivity contribution in [3.8, 4) is 11.5 Å². The second-order valence-electron chi connectivity index (χ2n) is 7.86. The summed E-state index contributed by atoms with van der Waals surface area (Å²) in [4.78, 5) is 17.9. The van der Waals surface area contributed by atoms with Crippen LogP contribution in [0.1, 0.15) is 37.2 Å². The van der Waals surface area contributed by atoms with Crippen LogP contribution in [0.4, 0.5) is 0 Å². The summed E-state index contributed by atoms with van der Waals surface area (Å²) < 4.78 is 15.1. The van der Waals surface area contributed by atoms with E-state index in [0.717, 1.165) is 26.5 Å². The Morgan fingerprint density at radius 1 is 0.943 bits per heavy atom. The molecule has 0 spiro atoms. The zero-order valence-electron chi connectivity index (χ0n) is 19.5. The standard InChI is InChI=1S/C27H25Br2N3O3/c1-3-5-26-31-23-12-11-21(29)15-22(23)27(33)32(26)30-16-19-8-13-24(25(14-19)34-4-2)35-17-18-6-9-20(28)10-7-18/h6-16H,3-5,17H2,1-2H3. The number of ether oxygens (including phenoxy) is 2. The highest BCUT2D eigenvalue weighted by Crippen LogP contribution is 2.29. The summed E-state index contributed by atoms with van der Waals surface area (Å²) in [5.41, 5.74) is 2.31. The zero-order valence-corrected chi connectivity index (χ0v) is 22.7. The minimum atomic E-state index is -0.199. The lowest BCUT2D eigenvalue weighted by Gasteiger charge is -2.13. The maximum Gasteiger partial charge on any atom is 0.282 e. The molecule has 0 aliphatic carbocycles. The van der Waals surface area contributed by atoms with Crippen molar-refractivity contribution in [1.29, 1.82) is 0 Å². The van der Waals surface area contributed by atoms with E-state index < -0.39 is 0 Å². The molecule has 0 radical (unpaired) electrons. The van der Waals surface area contributed by atoms with Crippen LogP contribution in [-0.4, -0.2) is 22.5 Å². The Kier molecular flexibility index (Phi) is 8.36. The number of hydrogen-bond acceptors (Lipinski definition) is 5. The molecular weight excluding hydrogens is 574 g/mol. The van der Waals surface area contributed by atoms with Crippen LogP contribution in [0.2, 0.25) is 0 Å². The Labute approximate surface area is 220 Å². The lowest BCUT2D eigenvalue weighted by molar-refractivity contribution is 0.269. The van der Waals surface area contributed by atoms with E-state index in [-0.39, 0.29) is 5.56 Å². The van der Waals surface area contributed by atoms with Crippen LogP contribution in [0.25, 0.3) is 10.9 Å². The Morgan fingerprint density at radius 2 is 1.71 bits per heavy atom. The van der Waals surface area contributed by atoms with Crippen molar-refractivity contribution in [2.24, 2.45) is 5.10 Å². The van der Waals surface area contributed by atoms with Crippen molar-refractivity contribution in [3.63, 3.8) is 0 Å². The second kappa shape index (κ2) is 11.6. The fourth-order valence-corrected chi connectivity index (χ4v) is 4.18. The van der Waals surface area contributed by atoms with Crippen molar-refractivity contribution in [2.45, 2.75) is 33.3 Å². The van der Waals surface area contributed by atoms with Crippen molar-refractivity contribution < 1.29 is 9.47 Å². The van der Waals surface area contributed by atoms with E-state index in [9.17, 15) is 4.79 Å². The van der Waals surface area contributed by atoms with Gasteiger partial charge in [0, 0.05) is 15.4 Å². The predicted octanol–water partition coefficient (Wildman–Crippen LogP) is 6.73. The van der Waals surface area contributed by atoms with E-state index in [1.165, 1.54) is 4.68 Å². The molecule has 0 N–H and O–H groups in total. The Morgan fingerprint density at radius 3 is 2.46 bits per heavy atom. The molecule has 0 aliphatic rings. The lowest BCUT2D eigenvalue weighted by atomic mass is 10.2. The molecule has 0 unspecified atom stereocenters. The van der Waals surface area contributed by atoms with Crippen molar-refractivity contribution in [1.82, 2.24) is 9.66 Å². The highest BCUT2D eigenvalue weighted by Gasteiger charge is 2.11. The summed E-state index contributed by atoms with van der Waals surface area (Å²) in [6.45, 7) is 4.90. The van der Waals surface area contributed by atoms with Crippen LogP contribution in [0, 0.1) is 0 Å². The number of fused-ring (bicyclic) bond motifs is 1. The predicted molar refractivity (Wildman–Crippen MR) is 147 cm³/mol. The monoisotopic (exact) mass is 597 g/mol. The van der Waals surface area contributed by atoms with Gasteiger partial charge in [-0.2, -0.15) is 9.78 Å². The fraction of sp³-hybridized carbons (Fsp3) is 0.222. The Balaban J connectivity index is 1.63. The smallest absolute Gasteiger partial charge is 0.282 e. The van der Waals surface area contributed by atoms with Crippen LogP contribution in [0.3, 0.4) is 0 Å². The maximum atomic E-state index is 13.2. The average Bonchev–Trinajstić information content (AvgIpc) is 2.85. The van der Waals surface area contributed by atoms with Gasteiger partial charge in [0.1, 0.15) is 12.4 Å². The van der Waals surface area contributed by atoms with Crippen molar-refractivity contribution >= 4 is 49.0 Å². The number of halogens is 2. The third kappa shape index (κ3) is 6.18. The van der Waals surface area contributed by atoms with E-state index in [2.05, 4.69) is 41.9 Å². The first-order valence-corrected chi connectivity index (χ1v) is 13.0. The normalized spacial score (nSPS) is 11.3. The van der Waals surface area contributed by atoms with Crippen molar-refractivity contribution in [2.75, 3.05) is 6.61 Å². The molecule has 180 valence electrons. The van der Waals surface area contributed by atoms with Gasteiger partial charge in [0.05, 0.1) is 23.7 Å². The van der Waals surface area contributed by atoms with Gasteiger partial charge in [0.2, 0.25) is 0 Å². The van der Waals surface area contributed by atoms with Crippen LogP contribution >= 0.6 is 31.9 Å². The molecule has 1 aromatic heterocycles. The lowest BCUT2D eigenvalue weighted by Crippen LogP contribution is -2.22. The van der Waals surface area contributed by atoms with Gasteiger partial charge in [0.25, 0.3) is 5.56 Å². The Hall–Kier alpha value is -2.97. The molecule has 0 saturated heterocycles. The molecule has 0 saturated carbocycles. The highest BCUT2D eigenvalue weighted by molar-refractivity contribution is 9.10. The molecule has 0 aliphatic heterocycles. The van der Waals surface area contributed by atoms with Crippen LogP contribution in [0.5, 0.6) is 11.5 Å². The summed E-state index contributed by atoms with van der Waals surface area (Å²) in [6.07, 6.45) is 3.14. The van der Waals surface area contributed by atoms with Gasteiger partial charge in [-0.1, -0.05) is 50.9 Å². The van der Waals surface area contributed by atoms with Crippen LogP contribution in [-0.2, 0) is 13.0 Å². The first kappa shape index (κ1) is 25.1. The third-order valence-electron chi connectivity index (χ3n) is 5.25. The number of benzene rings is 3. The summed E-state index contributed by atoms with van der Waals surface area (Å²) in [5, 5.41) is 5.02. The van der Waals surface area contributed by atoms with Gasteiger partial charge in [-0.3, -0.25) is 4.79 Å². The van der Waals surface area contributed by atoms with E-state index in [1.54, 1.807) is 12.3 Å². The minimum absolute atomic E-state index is 0.199. The highest BCUT2D eigenvalue weighted by atomic mass is 79.9. The van der Waals surface area contributed by atoms with Crippen LogP contribution < -0.4 is 15.0 Å². The third-order valence-corrected chi connectivity index (χ3v) is 6.27. The molecule has 35 heavy (non-hydrogen) atoms. The first-order valence-electron chi connectivity index (χ1n) is 11.4. The first-order chi connectivity index (χ1) is 17.0.